The number of carbonyl (C=O) groups excluding carboxylic acids is 2. The number of nitrogens with zero attached hydrogens (tertiary/aromatic N) is 3. The van der Waals surface area contributed by atoms with Gasteiger partial charge in [-0.3, -0.25) is 14.5 Å². The van der Waals surface area contributed by atoms with E-state index in [1.54, 1.807) is 13.8 Å². The van der Waals surface area contributed by atoms with Crippen LogP contribution in [0.15, 0.2) is 4.52 Å². The van der Waals surface area contributed by atoms with E-state index in [1.165, 1.54) is 12.8 Å². The van der Waals surface area contributed by atoms with Gasteiger partial charge in [0.25, 0.3) is 5.91 Å². The smallest absolute Gasteiger partial charge is 0.256 e. The van der Waals surface area contributed by atoms with Crippen molar-refractivity contribution in [2.75, 3.05) is 39.4 Å². The molecule has 1 saturated carbocycles. The van der Waals surface area contributed by atoms with E-state index in [0.717, 1.165) is 25.3 Å². The van der Waals surface area contributed by atoms with Crippen LogP contribution in [0.5, 0.6) is 0 Å². The third-order valence-electron chi connectivity index (χ3n) is 6.47. The van der Waals surface area contributed by atoms with E-state index in [-0.39, 0.29) is 23.9 Å². The minimum absolute atomic E-state index is 0.125. The highest BCUT2D eigenvalue weighted by Crippen LogP contribution is 2.35. The van der Waals surface area contributed by atoms with Gasteiger partial charge in [0.2, 0.25) is 5.91 Å². The number of morpholine rings is 1. The summed E-state index contributed by atoms with van der Waals surface area (Å²) in [6, 6.07) is 0.550. The van der Waals surface area contributed by atoms with E-state index in [2.05, 4.69) is 15.4 Å². The van der Waals surface area contributed by atoms with Crippen LogP contribution in [0.2, 0.25) is 0 Å². The maximum atomic E-state index is 12.8. The van der Waals surface area contributed by atoms with E-state index in [9.17, 15) is 9.59 Å². The van der Waals surface area contributed by atoms with Crippen LogP contribution in [0.4, 0.5) is 0 Å². The third kappa shape index (κ3) is 4.80. The standard InChI is InChI=1S/C21H32N4O4/c1-14-20(15(2)29-23-14)21(27)22-12-18-6-5-17(25(18)13-16-3-4-16)11-19(26)24-7-9-28-10-8-24/h16-18H,3-13H2,1-2H3,(H,22,27)/t17-,18+/m1/s1. The predicted molar refractivity (Wildman–Crippen MR) is 107 cm³/mol. The van der Waals surface area contributed by atoms with Gasteiger partial charge >= 0.3 is 0 Å². The highest BCUT2D eigenvalue weighted by molar-refractivity contribution is 5.96. The molecular weight excluding hydrogens is 372 g/mol. The van der Waals surface area contributed by atoms with Crippen LogP contribution in [0.3, 0.4) is 0 Å². The molecule has 8 heteroatoms. The molecule has 160 valence electrons. The maximum Gasteiger partial charge on any atom is 0.256 e. The zero-order valence-electron chi connectivity index (χ0n) is 17.5. The Morgan fingerprint density at radius 3 is 2.48 bits per heavy atom. The van der Waals surface area contributed by atoms with E-state index < -0.39 is 0 Å². The fourth-order valence-corrected chi connectivity index (χ4v) is 4.60. The van der Waals surface area contributed by atoms with Crippen molar-refractivity contribution in [1.82, 2.24) is 20.3 Å². The molecule has 29 heavy (non-hydrogen) atoms. The first-order chi connectivity index (χ1) is 14.0. The average Bonchev–Trinajstić information content (AvgIpc) is 3.38. The van der Waals surface area contributed by atoms with Crippen LogP contribution < -0.4 is 5.32 Å². The zero-order valence-corrected chi connectivity index (χ0v) is 17.5. The molecule has 2 aliphatic heterocycles. The van der Waals surface area contributed by atoms with Gasteiger partial charge in [0.15, 0.2) is 0 Å². The second-order valence-electron chi connectivity index (χ2n) is 8.63. The van der Waals surface area contributed by atoms with Crippen LogP contribution in [0.1, 0.15) is 53.9 Å². The Morgan fingerprint density at radius 2 is 1.83 bits per heavy atom. The molecule has 0 aromatic carbocycles. The normalized spacial score (nSPS) is 25.4. The number of hydrogen-bond acceptors (Lipinski definition) is 6. The quantitative estimate of drug-likeness (QED) is 0.741. The largest absolute Gasteiger partial charge is 0.378 e. The van der Waals surface area contributed by atoms with Gasteiger partial charge in [0.1, 0.15) is 11.3 Å². The molecule has 0 unspecified atom stereocenters. The summed E-state index contributed by atoms with van der Waals surface area (Å²) in [6.45, 7) is 7.85. The first-order valence-electron chi connectivity index (χ1n) is 10.8. The summed E-state index contributed by atoms with van der Waals surface area (Å²) >= 11 is 0. The van der Waals surface area contributed by atoms with Crippen molar-refractivity contribution in [3.8, 4) is 0 Å². The second-order valence-corrected chi connectivity index (χ2v) is 8.63. The van der Waals surface area contributed by atoms with Gasteiger partial charge < -0.3 is 19.5 Å². The van der Waals surface area contributed by atoms with E-state index >= 15 is 0 Å². The topological polar surface area (TPSA) is 87.9 Å². The van der Waals surface area contributed by atoms with Crippen molar-refractivity contribution in [3.05, 3.63) is 17.0 Å². The van der Waals surface area contributed by atoms with Crippen molar-refractivity contribution >= 4 is 11.8 Å². The zero-order chi connectivity index (χ0) is 20.4. The lowest BCUT2D eigenvalue weighted by Gasteiger charge is -2.33. The Bertz CT molecular complexity index is 720. The fourth-order valence-electron chi connectivity index (χ4n) is 4.60. The number of hydrogen-bond donors (Lipinski definition) is 1. The molecule has 3 aliphatic rings. The number of amides is 2. The summed E-state index contributed by atoms with van der Waals surface area (Å²) in [6.07, 6.45) is 5.14. The molecule has 2 atom stereocenters. The van der Waals surface area contributed by atoms with E-state index in [1.807, 2.05) is 4.90 Å². The van der Waals surface area contributed by atoms with Crippen molar-refractivity contribution < 1.29 is 18.8 Å². The average molecular weight is 405 g/mol. The Morgan fingerprint density at radius 1 is 1.10 bits per heavy atom. The molecule has 3 fully saturated rings. The Kier molecular flexibility index (Phi) is 6.20. The number of likely N-dealkylation sites (tertiary alicyclic amines) is 1. The van der Waals surface area contributed by atoms with Gasteiger partial charge in [0.05, 0.1) is 18.9 Å². The SMILES string of the molecule is Cc1noc(C)c1C(=O)NC[C@@H]1CC[C@H](CC(=O)N2CCOCC2)N1CC1CC1. The first kappa shape index (κ1) is 20.3. The summed E-state index contributed by atoms with van der Waals surface area (Å²) in [5.41, 5.74) is 1.16. The number of aromatic nitrogens is 1. The van der Waals surface area contributed by atoms with Crippen LogP contribution in [-0.2, 0) is 9.53 Å². The Hall–Kier alpha value is -1.93. The molecule has 1 aromatic heterocycles. The third-order valence-corrected chi connectivity index (χ3v) is 6.47. The Labute approximate surface area is 171 Å². The van der Waals surface area contributed by atoms with Crippen LogP contribution >= 0.6 is 0 Å². The van der Waals surface area contributed by atoms with Crippen molar-refractivity contribution in [3.63, 3.8) is 0 Å². The highest BCUT2D eigenvalue weighted by atomic mass is 16.5. The van der Waals surface area contributed by atoms with E-state index in [4.69, 9.17) is 9.26 Å². The van der Waals surface area contributed by atoms with Crippen LogP contribution in [0.25, 0.3) is 0 Å². The second kappa shape index (κ2) is 8.83. The molecule has 4 rings (SSSR count). The minimum atomic E-state index is -0.125. The molecular formula is C21H32N4O4. The monoisotopic (exact) mass is 404 g/mol. The predicted octanol–water partition coefficient (Wildman–Crippen LogP) is 1.51. The molecule has 1 N–H and O–H groups in total. The number of aryl methyl sites for hydroxylation is 2. The van der Waals surface area contributed by atoms with Gasteiger partial charge in [-0.1, -0.05) is 5.16 Å². The van der Waals surface area contributed by atoms with Gasteiger partial charge in [-0.25, -0.2) is 0 Å². The molecule has 2 amide bonds. The molecule has 1 aromatic rings. The summed E-state index contributed by atoms with van der Waals surface area (Å²) in [5, 5.41) is 6.95. The fraction of sp³-hybridized carbons (Fsp3) is 0.762. The first-order valence-corrected chi connectivity index (χ1v) is 10.8. The molecule has 8 nitrogen and oxygen atoms in total. The lowest BCUT2D eigenvalue weighted by atomic mass is 10.1. The lowest BCUT2D eigenvalue weighted by Crippen LogP contribution is -2.47. The van der Waals surface area contributed by atoms with Crippen molar-refractivity contribution in [2.24, 2.45) is 5.92 Å². The molecule has 3 heterocycles. The molecule has 0 radical (unpaired) electrons. The van der Waals surface area contributed by atoms with E-state index in [0.29, 0.717) is 56.3 Å². The number of ether oxygens (including phenoxy) is 1. The summed E-state index contributed by atoms with van der Waals surface area (Å²) in [5.74, 6) is 1.41. The van der Waals surface area contributed by atoms with Crippen molar-refractivity contribution in [1.29, 1.82) is 0 Å². The number of carbonyl (C=O) groups is 2. The number of rotatable bonds is 7. The maximum absolute atomic E-state index is 12.8. The van der Waals surface area contributed by atoms with Crippen LogP contribution in [0, 0.1) is 19.8 Å². The van der Waals surface area contributed by atoms with Gasteiger partial charge in [-0.15, -0.1) is 0 Å². The molecule has 2 saturated heterocycles. The van der Waals surface area contributed by atoms with Crippen LogP contribution in [-0.4, -0.2) is 78.2 Å². The molecule has 1 aliphatic carbocycles. The van der Waals surface area contributed by atoms with Crippen molar-refractivity contribution in [2.45, 2.75) is 58.0 Å². The van der Waals surface area contributed by atoms with Gasteiger partial charge in [0, 0.05) is 44.7 Å². The summed E-state index contributed by atoms with van der Waals surface area (Å²) in [4.78, 5) is 29.8. The van der Waals surface area contributed by atoms with Gasteiger partial charge in [-0.05, 0) is 45.4 Å². The number of nitrogens with one attached hydrogen (secondary N) is 1. The lowest BCUT2D eigenvalue weighted by molar-refractivity contribution is -0.136. The summed E-state index contributed by atoms with van der Waals surface area (Å²) in [7, 11) is 0. The minimum Gasteiger partial charge on any atom is -0.378 e. The Balaban J connectivity index is 1.35. The molecule has 0 bridgehead atoms. The highest BCUT2D eigenvalue weighted by Gasteiger charge is 2.38. The summed E-state index contributed by atoms with van der Waals surface area (Å²) < 4.78 is 10.5. The van der Waals surface area contributed by atoms with Gasteiger partial charge in [-0.2, -0.15) is 0 Å². The molecule has 0 spiro atoms.